The van der Waals surface area contributed by atoms with Crippen molar-refractivity contribution in [1.82, 2.24) is 0 Å². The highest BCUT2D eigenvalue weighted by Gasteiger charge is 2.14. The highest BCUT2D eigenvalue weighted by molar-refractivity contribution is 9.10. The molecule has 2 aromatic carbocycles. The Morgan fingerprint density at radius 3 is 2.65 bits per heavy atom. The van der Waals surface area contributed by atoms with E-state index in [9.17, 15) is 10.1 Å². The van der Waals surface area contributed by atoms with Crippen LogP contribution in [0.15, 0.2) is 40.9 Å². The van der Waals surface area contributed by atoms with Crippen molar-refractivity contribution in [2.75, 3.05) is 0 Å². The second-order valence-corrected chi connectivity index (χ2v) is 5.50. The largest absolute Gasteiger partial charge is 0.488 e. The van der Waals surface area contributed by atoms with Crippen molar-refractivity contribution in [1.29, 1.82) is 0 Å². The van der Waals surface area contributed by atoms with E-state index in [1.807, 2.05) is 32.0 Å². The minimum absolute atomic E-state index is 0.0599. The molecule has 0 atom stereocenters. The second-order valence-electron chi connectivity index (χ2n) is 4.59. The molecule has 2 aromatic rings. The fourth-order valence-corrected chi connectivity index (χ4v) is 2.20. The number of halogens is 1. The van der Waals surface area contributed by atoms with E-state index in [-0.39, 0.29) is 12.3 Å². The Morgan fingerprint density at radius 1 is 1.20 bits per heavy atom. The van der Waals surface area contributed by atoms with Gasteiger partial charge in [0.25, 0.3) is 5.69 Å². The summed E-state index contributed by atoms with van der Waals surface area (Å²) in [4.78, 5) is 10.6. The first-order chi connectivity index (χ1) is 9.47. The molecule has 0 spiro atoms. The van der Waals surface area contributed by atoms with Gasteiger partial charge in [0, 0.05) is 10.5 Å². The maximum atomic E-state index is 11.0. The summed E-state index contributed by atoms with van der Waals surface area (Å²) in [7, 11) is 0. The average molecular weight is 336 g/mol. The molecule has 0 heterocycles. The van der Waals surface area contributed by atoms with Crippen LogP contribution in [-0.2, 0) is 6.61 Å². The van der Waals surface area contributed by atoms with Crippen LogP contribution in [0.5, 0.6) is 5.75 Å². The predicted octanol–water partition coefficient (Wildman–Crippen LogP) is 4.55. The molecule has 0 bridgehead atoms. The number of ether oxygens (including phenoxy) is 1. The Morgan fingerprint density at radius 2 is 1.95 bits per heavy atom. The summed E-state index contributed by atoms with van der Waals surface area (Å²) >= 11 is 3.24. The van der Waals surface area contributed by atoms with Gasteiger partial charge in [0.1, 0.15) is 12.4 Å². The molecule has 0 saturated heterocycles. The molecule has 4 nitrogen and oxygen atoms in total. The summed E-state index contributed by atoms with van der Waals surface area (Å²) in [5, 5.41) is 11.0. The summed E-state index contributed by atoms with van der Waals surface area (Å²) in [5.74, 6) is 0.752. The minimum atomic E-state index is -0.396. The Kier molecular flexibility index (Phi) is 4.39. The van der Waals surface area contributed by atoms with Crippen LogP contribution in [0, 0.1) is 24.0 Å². The lowest BCUT2D eigenvalue weighted by molar-refractivity contribution is -0.385. The summed E-state index contributed by atoms with van der Waals surface area (Å²) in [6.45, 7) is 4.10. The quantitative estimate of drug-likeness (QED) is 0.608. The molecule has 0 aromatic heterocycles. The summed E-state index contributed by atoms with van der Waals surface area (Å²) in [5.41, 5.74) is 2.72. The Hall–Kier alpha value is -1.88. The van der Waals surface area contributed by atoms with Crippen LogP contribution in [0.1, 0.15) is 16.7 Å². The van der Waals surface area contributed by atoms with Gasteiger partial charge in [0.05, 0.1) is 10.5 Å². The maximum absolute atomic E-state index is 11.0. The van der Waals surface area contributed by atoms with Gasteiger partial charge in [0.2, 0.25) is 0 Å². The molecule has 0 N–H and O–H groups in total. The van der Waals surface area contributed by atoms with Crippen LogP contribution in [0.2, 0.25) is 0 Å². The van der Waals surface area contributed by atoms with Gasteiger partial charge in [0.15, 0.2) is 0 Å². The fourth-order valence-electron chi connectivity index (χ4n) is 1.85. The van der Waals surface area contributed by atoms with Crippen molar-refractivity contribution in [3.05, 3.63) is 67.7 Å². The van der Waals surface area contributed by atoms with E-state index >= 15 is 0 Å². The third kappa shape index (κ3) is 3.36. The van der Waals surface area contributed by atoms with Crippen molar-refractivity contribution >= 4 is 21.6 Å². The van der Waals surface area contributed by atoms with Gasteiger partial charge in [-0.25, -0.2) is 0 Å². The van der Waals surface area contributed by atoms with Crippen molar-refractivity contribution < 1.29 is 9.66 Å². The fraction of sp³-hybridized carbons (Fsp3) is 0.200. The molecule has 0 saturated carbocycles. The molecule has 104 valence electrons. The molecule has 0 unspecified atom stereocenters. The molecule has 0 fully saturated rings. The van der Waals surface area contributed by atoms with E-state index in [1.165, 1.54) is 6.07 Å². The van der Waals surface area contributed by atoms with Gasteiger partial charge < -0.3 is 4.74 Å². The van der Waals surface area contributed by atoms with Crippen LogP contribution in [0.25, 0.3) is 0 Å². The number of hydrogen-bond acceptors (Lipinski definition) is 3. The molecule has 0 amide bonds. The van der Waals surface area contributed by atoms with Crippen LogP contribution in [-0.4, -0.2) is 4.92 Å². The lowest BCUT2D eigenvalue weighted by Crippen LogP contribution is -2.01. The van der Waals surface area contributed by atoms with E-state index < -0.39 is 4.92 Å². The van der Waals surface area contributed by atoms with Crippen molar-refractivity contribution in [2.45, 2.75) is 20.5 Å². The molecular formula is C15H14BrNO3. The molecule has 20 heavy (non-hydrogen) atoms. The highest BCUT2D eigenvalue weighted by Crippen LogP contribution is 2.26. The lowest BCUT2D eigenvalue weighted by atomic mass is 10.1. The zero-order valence-corrected chi connectivity index (χ0v) is 12.8. The lowest BCUT2D eigenvalue weighted by Gasteiger charge is -2.10. The number of nitro groups is 1. The van der Waals surface area contributed by atoms with E-state index in [0.29, 0.717) is 10.0 Å². The van der Waals surface area contributed by atoms with Crippen molar-refractivity contribution in [3.8, 4) is 5.75 Å². The van der Waals surface area contributed by atoms with Crippen LogP contribution in [0.3, 0.4) is 0 Å². The van der Waals surface area contributed by atoms with Gasteiger partial charge >= 0.3 is 0 Å². The zero-order chi connectivity index (χ0) is 14.7. The number of nitro benzene ring substituents is 1. The van der Waals surface area contributed by atoms with E-state index in [4.69, 9.17) is 4.74 Å². The minimum Gasteiger partial charge on any atom is -0.488 e. The van der Waals surface area contributed by atoms with E-state index in [0.717, 1.165) is 16.9 Å². The average Bonchev–Trinajstić information content (AvgIpc) is 2.40. The molecule has 0 aliphatic carbocycles. The van der Waals surface area contributed by atoms with Gasteiger partial charge in [-0.1, -0.05) is 28.1 Å². The first-order valence-corrected chi connectivity index (χ1v) is 6.89. The van der Waals surface area contributed by atoms with Crippen LogP contribution < -0.4 is 4.74 Å². The van der Waals surface area contributed by atoms with Gasteiger partial charge in [-0.05, 0) is 43.2 Å². The van der Waals surface area contributed by atoms with Crippen molar-refractivity contribution in [3.63, 3.8) is 0 Å². The Labute approximate surface area is 125 Å². The Balaban J connectivity index is 2.23. The molecule has 5 heteroatoms. The molecular weight excluding hydrogens is 322 g/mol. The van der Waals surface area contributed by atoms with Crippen LogP contribution >= 0.6 is 15.9 Å². The third-order valence-corrected chi connectivity index (χ3v) is 3.46. The van der Waals surface area contributed by atoms with E-state index in [2.05, 4.69) is 15.9 Å². The van der Waals surface area contributed by atoms with Gasteiger partial charge in [-0.3, -0.25) is 10.1 Å². The standard InChI is InChI=1S/C15H14BrNO3/c1-10-3-4-11(2)15(7-10)20-9-12-5-6-13(16)8-14(12)17(18)19/h3-8H,9H2,1-2H3. The highest BCUT2D eigenvalue weighted by atomic mass is 79.9. The van der Waals surface area contributed by atoms with Gasteiger partial charge in [-0.2, -0.15) is 0 Å². The second kappa shape index (κ2) is 6.05. The molecule has 0 aliphatic rings. The van der Waals surface area contributed by atoms with Crippen LogP contribution in [0.4, 0.5) is 5.69 Å². The topological polar surface area (TPSA) is 52.4 Å². The van der Waals surface area contributed by atoms with E-state index in [1.54, 1.807) is 12.1 Å². The predicted molar refractivity (Wildman–Crippen MR) is 81.0 cm³/mol. The normalized spacial score (nSPS) is 10.3. The molecule has 2 rings (SSSR count). The first kappa shape index (κ1) is 14.5. The number of benzene rings is 2. The number of nitrogens with zero attached hydrogens (tertiary/aromatic N) is 1. The molecule has 0 radical (unpaired) electrons. The van der Waals surface area contributed by atoms with Crippen molar-refractivity contribution in [2.24, 2.45) is 0 Å². The smallest absolute Gasteiger partial charge is 0.277 e. The number of rotatable bonds is 4. The number of aryl methyl sites for hydroxylation is 2. The summed E-state index contributed by atoms with van der Waals surface area (Å²) in [6, 6.07) is 10.9. The third-order valence-electron chi connectivity index (χ3n) is 2.97. The number of hydrogen-bond donors (Lipinski definition) is 0. The maximum Gasteiger partial charge on any atom is 0.277 e. The Bertz CT molecular complexity index is 656. The SMILES string of the molecule is Cc1ccc(C)c(OCc2ccc(Br)cc2[N+](=O)[O-])c1. The monoisotopic (exact) mass is 335 g/mol. The molecule has 0 aliphatic heterocycles. The summed E-state index contributed by atoms with van der Waals surface area (Å²) < 4.78 is 6.39. The summed E-state index contributed by atoms with van der Waals surface area (Å²) in [6.07, 6.45) is 0. The zero-order valence-electron chi connectivity index (χ0n) is 11.2. The van der Waals surface area contributed by atoms with Gasteiger partial charge in [-0.15, -0.1) is 0 Å². The first-order valence-electron chi connectivity index (χ1n) is 6.10.